The van der Waals surface area contributed by atoms with Gasteiger partial charge in [-0.1, -0.05) is 49.4 Å². The molecule has 1 heterocycles. The molecule has 7 heteroatoms. The molecule has 2 aliphatic rings. The van der Waals surface area contributed by atoms with Crippen molar-refractivity contribution in [2.24, 2.45) is 11.8 Å². The predicted octanol–water partition coefficient (Wildman–Crippen LogP) is 3.05. The maximum Gasteiger partial charge on any atom is 0.243 e. The Morgan fingerprint density at radius 2 is 1.64 bits per heavy atom. The first-order chi connectivity index (χ1) is 15.6. The van der Waals surface area contributed by atoms with E-state index in [1.54, 1.807) is 4.90 Å². The van der Waals surface area contributed by atoms with Crippen molar-refractivity contribution in [1.82, 2.24) is 15.1 Å². The third-order valence-electron chi connectivity index (χ3n) is 6.23. The number of rotatable bonds is 8. The minimum Gasteiger partial charge on any atom is -0.350 e. The van der Waals surface area contributed by atoms with E-state index in [-0.39, 0.29) is 55.0 Å². The molecule has 0 spiro atoms. The quantitative estimate of drug-likeness (QED) is 0.484. The van der Waals surface area contributed by atoms with E-state index in [9.17, 15) is 19.2 Å². The van der Waals surface area contributed by atoms with Crippen LogP contribution >= 0.6 is 0 Å². The summed E-state index contributed by atoms with van der Waals surface area (Å²) >= 11 is 0. The van der Waals surface area contributed by atoms with E-state index in [1.165, 1.54) is 4.90 Å². The first kappa shape index (κ1) is 24.7. The van der Waals surface area contributed by atoms with Crippen molar-refractivity contribution in [2.75, 3.05) is 6.54 Å². The molecule has 33 heavy (non-hydrogen) atoms. The summed E-state index contributed by atoms with van der Waals surface area (Å²) in [6.45, 7) is 7.92. The number of fused-ring (bicyclic) bond motifs is 1. The molecule has 1 fully saturated rings. The van der Waals surface area contributed by atoms with Gasteiger partial charge in [0, 0.05) is 25.0 Å². The molecular weight excluding hydrogens is 418 g/mol. The molecule has 3 atom stereocenters. The fourth-order valence-corrected chi connectivity index (χ4v) is 4.59. The number of imide groups is 1. The van der Waals surface area contributed by atoms with Crippen LogP contribution in [0.1, 0.15) is 58.9 Å². The second kappa shape index (κ2) is 10.3. The van der Waals surface area contributed by atoms with Gasteiger partial charge in [0.15, 0.2) is 0 Å². The number of allylic oxidation sites excluding steroid dienone is 2. The molecule has 1 saturated heterocycles. The van der Waals surface area contributed by atoms with Crippen LogP contribution in [0.15, 0.2) is 42.5 Å². The monoisotopic (exact) mass is 453 g/mol. The number of carbonyl (C=O) groups is 4. The van der Waals surface area contributed by atoms with Crippen molar-refractivity contribution < 1.29 is 19.2 Å². The molecule has 1 aromatic carbocycles. The lowest BCUT2D eigenvalue weighted by molar-refractivity contribution is -0.144. The van der Waals surface area contributed by atoms with Gasteiger partial charge in [0.2, 0.25) is 23.6 Å². The van der Waals surface area contributed by atoms with Crippen LogP contribution < -0.4 is 5.32 Å². The number of nitrogens with one attached hydrogen (secondary N) is 1. The average molecular weight is 454 g/mol. The Bertz CT molecular complexity index is 893. The highest BCUT2D eigenvalue weighted by molar-refractivity contribution is 6.05. The maximum atomic E-state index is 13.4. The van der Waals surface area contributed by atoms with E-state index in [0.29, 0.717) is 19.3 Å². The van der Waals surface area contributed by atoms with Gasteiger partial charge in [-0.3, -0.25) is 24.1 Å². The molecule has 4 amide bonds. The van der Waals surface area contributed by atoms with Crippen LogP contribution in [0.5, 0.6) is 0 Å². The summed E-state index contributed by atoms with van der Waals surface area (Å²) in [5, 5.41) is 2.98. The Hall–Kier alpha value is -2.96. The van der Waals surface area contributed by atoms with E-state index in [1.807, 2.05) is 70.2 Å². The van der Waals surface area contributed by atoms with Gasteiger partial charge in [-0.15, -0.1) is 0 Å². The normalized spacial score (nSPS) is 21.0. The summed E-state index contributed by atoms with van der Waals surface area (Å²) in [6.07, 6.45) is 5.49. The fraction of sp³-hybridized carbons (Fsp3) is 0.538. The number of hydrogen-bond acceptors (Lipinski definition) is 4. The highest BCUT2D eigenvalue weighted by atomic mass is 16.2. The van der Waals surface area contributed by atoms with Crippen molar-refractivity contribution in [3.63, 3.8) is 0 Å². The molecule has 0 unspecified atom stereocenters. The first-order valence-electron chi connectivity index (χ1n) is 11.8. The summed E-state index contributed by atoms with van der Waals surface area (Å²) < 4.78 is 0. The zero-order chi connectivity index (χ0) is 24.2. The molecule has 1 N–H and O–H groups in total. The second-order valence-electron chi connectivity index (χ2n) is 9.90. The molecular formula is C26H35N3O4. The summed E-state index contributed by atoms with van der Waals surface area (Å²) in [6, 6.07) is 8.88. The van der Waals surface area contributed by atoms with Crippen molar-refractivity contribution in [3.05, 3.63) is 48.0 Å². The van der Waals surface area contributed by atoms with Gasteiger partial charge in [-0.2, -0.15) is 0 Å². The summed E-state index contributed by atoms with van der Waals surface area (Å²) in [4.78, 5) is 54.8. The number of benzene rings is 1. The lowest BCUT2D eigenvalue weighted by atomic mass is 9.85. The van der Waals surface area contributed by atoms with Crippen molar-refractivity contribution in [2.45, 2.75) is 71.5 Å². The Morgan fingerprint density at radius 1 is 1.06 bits per heavy atom. The van der Waals surface area contributed by atoms with E-state index >= 15 is 0 Å². The zero-order valence-corrected chi connectivity index (χ0v) is 20.0. The Kier molecular flexibility index (Phi) is 7.72. The third-order valence-corrected chi connectivity index (χ3v) is 6.23. The summed E-state index contributed by atoms with van der Waals surface area (Å²) in [5.74, 6) is -1.44. The molecule has 1 aliphatic heterocycles. The van der Waals surface area contributed by atoms with Crippen LogP contribution in [0.25, 0.3) is 0 Å². The lowest BCUT2D eigenvalue weighted by Crippen LogP contribution is -2.53. The van der Waals surface area contributed by atoms with Gasteiger partial charge in [0.05, 0.1) is 11.8 Å². The first-order valence-corrected chi connectivity index (χ1v) is 11.8. The maximum absolute atomic E-state index is 13.4. The molecule has 0 aromatic heterocycles. The van der Waals surface area contributed by atoms with Crippen LogP contribution in [0.4, 0.5) is 0 Å². The van der Waals surface area contributed by atoms with Gasteiger partial charge in [0.25, 0.3) is 0 Å². The molecule has 3 rings (SSSR count). The largest absolute Gasteiger partial charge is 0.350 e. The lowest BCUT2D eigenvalue weighted by Gasteiger charge is -2.33. The number of likely N-dealkylation sites (tertiary alicyclic amines) is 1. The predicted molar refractivity (Wildman–Crippen MR) is 126 cm³/mol. The van der Waals surface area contributed by atoms with Crippen molar-refractivity contribution in [3.8, 4) is 0 Å². The highest BCUT2D eigenvalue weighted by Gasteiger charge is 2.47. The SMILES string of the molecule is CC[C@@H](C(=O)NC(C)(C)C)N(Cc1ccccc1)C(=O)CCN1C(=O)[C@H]2CC=CC[C@H]2C1=O. The van der Waals surface area contributed by atoms with Gasteiger partial charge in [0.1, 0.15) is 6.04 Å². The van der Waals surface area contributed by atoms with Crippen LogP contribution in [0.2, 0.25) is 0 Å². The minimum atomic E-state index is -0.645. The molecule has 0 radical (unpaired) electrons. The summed E-state index contributed by atoms with van der Waals surface area (Å²) in [5.41, 5.74) is 0.489. The van der Waals surface area contributed by atoms with E-state index < -0.39 is 11.6 Å². The topological polar surface area (TPSA) is 86.8 Å². The Labute approximate surface area is 196 Å². The molecule has 0 bridgehead atoms. The second-order valence-corrected chi connectivity index (χ2v) is 9.90. The Balaban J connectivity index is 1.75. The van der Waals surface area contributed by atoms with E-state index in [0.717, 1.165) is 5.56 Å². The van der Waals surface area contributed by atoms with Crippen LogP contribution in [0.3, 0.4) is 0 Å². The molecule has 0 saturated carbocycles. The molecule has 1 aliphatic carbocycles. The summed E-state index contributed by atoms with van der Waals surface area (Å²) in [7, 11) is 0. The van der Waals surface area contributed by atoms with E-state index in [4.69, 9.17) is 0 Å². The van der Waals surface area contributed by atoms with Crippen LogP contribution in [-0.4, -0.2) is 51.6 Å². The number of amides is 4. The number of hydrogen-bond donors (Lipinski definition) is 1. The highest BCUT2D eigenvalue weighted by Crippen LogP contribution is 2.35. The molecule has 178 valence electrons. The Morgan fingerprint density at radius 3 is 2.15 bits per heavy atom. The number of nitrogens with zero attached hydrogens (tertiary/aromatic N) is 2. The smallest absolute Gasteiger partial charge is 0.243 e. The zero-order valence-electron chi connectivity index (χ0n) is 20.0. The van der Waals surface area contributed by atoms with Crippen LogP contribution in [-0.2, 0) is 25.7 Å². The minimum absolute atomic E-state index is 0.00349. The van der Waals surface area contributed by atoms with E-state index in [2.05, 4.69) is 5.32 Å². The van der Waals surface area contributed by atoms with Crippen LogP contribution in [0, 0.1) is 11.8 Å². The fourth-order valence-electron chi connectivity index (χ4n) is 4.59. The number of carbonyl (C=O) groups excluding carboxylic acids is 4. The van der Waals surface area contributed by atoms with Gasteiger partial charge in [-0.05, 0) is 45.6 Å². The molecule has 7 nitrogen and oxygen atoms in total. The third kappa shape index (κ3) is 5.89. The van der Waals surface area contributed by atoms with Crippen molar-refractivity contribution in [1.29, 1.82) is 0 Å². The average Bonchev–Trinajstić information content (AvgIpc) is 3.01. The van der Waals surface area contributed by atoms with Gasteiger partial charge >= 0.3 is 0 Å². The van der Waals surface area contributed by atoms with Gasteiger partial charge in [-0.25, -0.2) is 0 Å². The standard InChI is InChI=1S/C26H35N3O4/c1-5-21(23(31)27-26(2,3)4)29(17-18-11-7-6-8-12-18)22(30)15-16-28-24(32)19-13-9-10-14-20(19)25(28)33/h6-12,19-21H,5,13-17H2,1-4H3,(H,27,31)/t19-,20+,21-/m0/s1. The molecule has 1 aromatic rings. The van der Waals surface area contributed by atoms with Crippen molar-refractivity contribution >= 4 is 23.6 Å². The van der Waals surface area contributed by atoms with Gasteiger partial charge < -0.3 is 10.2 Å².